The number of furan rings is 1. The van der Waals surface area contributed by atoms with E-state index in [4.69, 9.17) is 4.42 Å². The minimum atomic E-state index is -0.190. The molecule has 0 bridgehead atoms. The highest BCUT2D eigenvalue weighted by atomic mass is 19.1. The van der Waals surface area contributed by atoms with Gasteiger partial charge >= 0.3 is 0 Å². The van der Waals surface area contributed by atoms with Crippen molar-refractivity contribution in [2.75, 3.05) is 6.54 Å². The summed E-state index contributed by atoms with van der Waals surface area (Å²) in [5.74, 6) is 0.700. The van der Waals surface area contributed by atoms with Gasteiger partial charge in [-0.15, -0.1) is 0 Å². The Hall–Kier alpha value is -1.61. The highest BCUT2D eigenvalue weighted by Gasteiger charge is 2.15. The lowest BCUT2D eigenvalue weighted by Gasteiger charge is -2.17. The van der Waals surface area contributed by atoms with Crippen LogP contribution in [0.25, 0.3) is 0 Å². The van der Waals surface area contributed by atoms with Crippen LogP contribution in [0.2, 0.25) is 0 Å². The molecule has 1 aromatic carbocycles. The van der Waals surface area contributed by atoms with Gasteiger partial charge in [0, 0.05) is 0 Å². The number of benzene rings is 1. The van der Waals surface area contributed by atoms with Crippen LogP contribution in [-0.2, 0) is 6.42 Å². The first kappa shape index (κ1) is 12.8. The molecule has 0 spiro atoms. The van der Waals surface area contributed by atoms with Gasteiger partial charge in [-0.2, -0.15) is 0 Å². The van der Waals surface area contributed by atoms with E-state index < -0.39 is 0 Å². The number of hydrogen-bond donors (Lipinski definition) is 1. The molecule has 0 aliphatic rings. The van der Waals surface area contributed by atoms with E-state index in [1.165, 1.54) is 6.07 Å². The topological polar surface area (TPSA) is 25.2 Å². The van der Waals surface area contributed by atoms with E-state index >= 15 is 0 Å². The van der Waals surface area contributed by atoms with Crippen LogP contribution in [0.5, 0.6) is 0 Å². The summed E-state index contributed by atoms with van der Waals surface area (Å²) < 4.78 is 18.7. The van der Waals surface area contributed by atoms with Crippen LogP contribution < -0.4 is 5.32 Å². The summed E-state index contributed by atoms with van der Waals surface area (Å²) in [6, 6.07) is 8.82. The van der Waals surface area contributed by atoms with Crippen LogP contribution >= 0.6 is 0 Å². The van der Waals surface area contributed by atoms with Crippen molar-refractivity contribution in [1.82, 2.24) is 5.32 Å². The number of nitrogens with one attached hydrogen (secondary N) is 1. The fraction of sp³-hybridized carbons (Fsp3) is 0.333. The maximum absolute atomic E-state index is 13.3. The van der Waals surface area contributed by atoms with Crippen LogP contribution in [0.15, 0.2) is 41.0 Å². The number of halogens is 1. The summed E-state index contributed by atoms with van der Waals surface area (Å²) in [7, 11) is 0. The zero-order valence-corrected chi connectivity index (χ0v) is 10.7. The van der Waals surface area contributed by atoms with E-state index in [0.717, 1.165) is 29.9 Å². The van der Waals surface area contributed by atoms with Crippen LogP contribution in [0.1, 0.15) is 29.9 Å². The Morgan fingerprint density at radius 3 is 2.83 bits per heavy atom. The molecule has 3 heteroatoms. The van der Waals surface area contributed by atoms with Gasteiger partial charge in [0.1, 0.15) is 11.6 Å². The van der Waals surface area contributed by atoms with Gasteiger partial charge in [0.2, 0.25) is 0 Å². The Morgan fingerprint density at radius 2 is 2.17 bits per heavy atom. The molecule has 0 fully saturated rings. The normalized spacial score (nSPS) is 12.6. The van der Waals surface area contributed by atoms with Gasteiger partial charge in [-0.05, 0) is 55.3 Å². The number of aryl methyl sites for hydroxylation is 1. The first-order chi connectivity index (χ1) is 8.70. The van der Waals surface area contributed by atoms with Gasteiger partial charge < -0.3 is 9.73 Å². The molecule has 0 aliphatic heterocycles. The maximum atomic E-state index is 13.3. The van der Waals surface area contributed by atoms with Crippen molar-refractivity contribution in [2.45, 2.75) is 26.3 Å². The highest BCUT2D eigenvalue weighted by Crippen LogP contribution is 2.21. The second-order valence-corrected chi connectivity index (χ2v) is 4.40. The van der Waals surface area contributed by atoms with Crippen molar-refractivity contribution in [2.24, 2.45) is 0 Å². The average Bonchev–Trinajstić information content (AvgIpc) is 2.87. The molecule has 0 radical (unpaired) electrons. The second kappa shape index (κ2) is 5.83. The van der Waals surface area contributed by atoms with E-state index in [2.05, 4.69) is 5.32 Å². The SMILES string of the molecule is CCNC(Cc1cc(F)ccc1C)c1ccco1. The van der Waals surface area contributed by atoms with Crippen molar-refractivity contribution in [3.05, 3.63) is 59.3 Å². The molecule has 2 rings (SSSR count). The Kier molecular flexibility index (Phi) is 4.15. The standard InChI is InChI=1S/C15H18FNO/c1-3-17-14(15-5-4-8-18-15)10-12-9-13(16)7-6-11(12)2/h4-9,14,17H,3,10H2,1-2H3. The van der Waals surface area contributed by atoms with Gasteiger partial charge in [-0.3, -0.25) is 0 Å². The van der Waals surface area contributed by atoms with E-state index in [1.54, 1.807) is 12.3 Å². The Morgan fingerprint density at radius 1 is 1.33 bits per heavy atom. The van der Waals surface area contributed by atoms with Crippen LogP contribution in [0.3, 0.4) is 0 Å². The minimum Gasteiger partial charge on any atom is -0.468 e. The molecule has 1 aromatic heterocycles. The van der Waals surface area contributed by atoms with Gasteiger partial charge in [-0.1, -0.05) is 13.0 Å². The Bertz CT molecular complexity index is 493. The van der Waals surface area contributed by atoms with Gasteiger partial charge in [0.05, 0.1) is 12.3 Å². The molecule has 2 aromatic rings. The zero-order chi connectivity index (χ0) is 13.0. The molecule has 1 heterocycles. The van der Waals surface area contributed by atoms with Gasteiger partial charge in [0.25, 0.3) is 0 Å². The van der Waals surface area contributed by atoms with Crippen molar-refractivity contribution in [1.29, 1.82) is 0 Å². The summed E-state index contributed by atoms with van der Waals surface area (Å²) in [6.07, 6.45) is 2.39. The monoisotopic (exact) mass is 247 g/mol. The fourth-order valence-electron chi connectivity index (χ4n) is 2.09. The molecular weight excluding hydrogens is 229 g/mol. The number of rotatable bonds is 5. The largest absolute Gasteiger partial charge is 0.468 e. The maximum Gasteiger partial charge on any atom is 0.123 e. The second-order valence-electron chi connectivity index (χ2n) is 4.40. The molecule has 1 atom stereocenters. The molecule has 1 unspecified atom stereocenters. The number of likely N-dealkylation sites (N-methyl/N-ethyl adjacent to an activating group) is 1. The van der Waals surface area contributed by atoms with Gasteiger partial charge in [-0.25, -0.2) is 4.39 Å². The molecule has 0 aliphatic carbocycles. The van der Waals surface area contributed by atoms with Crippen molar-refractivity contribution in [3.8, 4) is 0 Å². The highest BCUT2D eigenvalue weighted by molar-refractivity contribution is 5.28. The molecule has 0 saturated carbocycles. The zero-order valence-electron chi connectivity index (χ0n) is 10.7. The van der Waals surface area contributed by atoms with Gasteiger partial charge in [0.15, 0.2) is 0 Å². The minimum absolute atomic E-state index is 0.0884. The smallest absolute Gasteiger partial charge is 0.123 e. The molecule has 0 amide bonds. The molecular formula is C15H18FNO. The lowest BCUT2D eigenvalue weighted by Crippen LogP contribution is -2.22. The summed E-state index contributed by atoms with van der Waals surface area (Å²) in [6.45, 7) is 4.90. The van der Waals surface area contributed by atoms with Crippen molar-refractivity contribution in [3.63, 3.8) is 0 Å². The summed E-state index contributed by atoms with van der Waals surface area (Å²) in [4.78, 5) is 0. The van der Waals surface area contributed by atoms with Crippen molar-refractivity contribution >= 4 is 0 Å². The van der Waals surface area contributed by atoms with E-state index in [-0.39, 0.29) is 11.9 Å². The Balaban J connectivity index is 2.21. The molecule has 96 valence electrons. The molecule has 2 nitrogen and oxygen atoms in total. The van der Waals surface area contributed by atoms with Crippen LogP contribution in [0.4, 0.5) is 4.39 Å². The molecule has 1 N–H and O–H groups in total. The third kappa shape index (κ3) is 2.99. The molecule has 18 heavy (non-hydrogen) atoms. The lowest BCUT2D eigenvalue weighted by molar-refractivity contribution is 0.415. The van der Waals surface area contributed by atoms with E-state index in [9.17, 15) is 4.39 Å². The summed E-state index contributed by atoms with van der Waals surface area (Å²) in [5, 5.41) is 3.36. The lowest BCUT2D eigenvalue weighted by atomic mass is 9.99. The number of hydrogen-bond acceptors (Lipinski definition) is 2. The fourth-order valence-corrected chi connectivity index (χ4v) is 2.09. The first-order valence-electron chi connectivity index (χ1n) is 6.22. The quantitative estimate of drug-likeness (QED) is 0.873. The first-order valence-corrected chi connectivity index (χ1v) is 6.22. The summed E-state index contributed by atoms with van der Waals surface area (Å²) in [5.41, 5.74) is 2.11. The van der Waals surface area contributed by atoms with Crippen LogP contribution in [0, 0.1) is 12.7 Å². The Labute approximate surface area is 107 Å². The van der Waals surface area contributed by atoms with E-state index in [0.29, 0.717) is 0 Å². The third-order valence-corrected chi connectivity index (χ3v) is 3.07. The third-order valence-electron chi connectivity index (χ3n) is 3.07. The predicted molar refractivity (Wildman–Crippen MR) is 70.0 cm³/mol. The van der Waals surface area contributed by atoms with E-state index in [1.807, 2.05) is 32.0 Å². The average molecular weight is 247 g/mol. The predicted octanol–water partition coefficient (Wildman–Crippen LogP) is 3.62. The summed E-state index contributed by atoms with van der Waals surface area (Å²) >= 11 is 0. The van der Waals surface area contributed by atoms with Crippen molar-refractivity contribution < 1.29 is 8.81 Å². The molecule has 0 saturated heterocycles. The van der Waals surface area contributed by atoms with Crippen LogP contribution in [-0.4, -0.2) is 6.54 Å².